The summed E-state index contributed by atoms with van der Waals surface area (Å²) in [5, 5.41) is 9.04. The number of aromatic carboxylic acids is 1. The van der Waals surface area contributed by atoms with Gasteiger partial charge in [0.1, 0.15) is 5.69 Å². The van der Waals surface area contributed by atoms with E-state index in [0.29, 0.717) is 19.6 Å². The summed E-state index contributed by atoms with van der Waals surface area (Å²) in [6.07, 6.45) is 4.68. The maximum atomic E-state index is 11.5. The molecule has 0 amide bonds. The number of piperidine rings is 1. The topological polar surface area (TPSA) is 79.6 Å². The second kappa shape index (κ2) is 5.34. The van der Waals surface area contributed by atoms with Crippen LogP contribution in [0.25, 0.3) is 0 Å². The molecule has 7 heteroatoms. The molecular weight excluding hydrogens is 268 g/mol. The van der Waals surface area contributed by atoms with E-state index in [9.17, 15) is 13.2 Å². The number of aromatic nitrogens is 1. The standard InChI is InChI=1S/C12H18N2O4S/c1-19(17,18)14-7-2-4-10(9-14)8-13-6-3-5-11(13)12(15)16/h3,5-6,10H,2,4,7-9H2,1H3,(H,15,16). The van der Waals surface area contributed by atoms with Gasteiger partial charge in [-0.15, -0.1) is 0 Å². The highest BCUT2D eigenvalue weighted by molar-refractivity contribution is 7.88. The van der Waals surface area contributed by atoms with E-state index >= 15 is 0 Å². The summed E-state index contributed by atoms with van der Waals surface area (Å²) < 4.78 is 26.2. The van der Waals surface area contributed by atoms with Crippen molar-refractivity contribution in [1.29, 1.82) is 0 Å². The van der Waals surface area contributed by atoms with E-state index in [1.54, 1.807) is 22.9 Å². The summed E-state index contributed by atoms with van der Waals surface area (Å²) in [5.41, 5.74) is 0.247. The van der Waals surface area contributed by atoms with Crippen LogP contribution in [-0.4, -0.2) is 47.7 Å². The van der Waals surface area contributed by atoms with Gasteiger partial charge in [-0.05, 0) is 30.9 Å². The normalized spacial score (nSPS) is 21.4. The fraction of sp³-hybridized carbons (Fsp3) is 0.583. The number of nitrogens with zero attached hydrogens (tertiary/aromatic N) is 2. The Hall–Kier alpha value is -1.34. The van der Waals surface area contributed by atoms with Crippen LogP contribution < -0.4 is 0 Å². The Bertz CT molecular complexity index is 564. The Morgan fingerprint density at radius 2 is 2.26 bits per heavy atom. The van der Waals surface area contributed by atoms with E-state index in [2.05, 4.69) is 0 Å². The van der Waals surface area contributed by atoms with E-state index < -0.39 is 16.0 Å². The lowest BCUT2D eigenvalue weighted by molar-refractivity contribution is 0.0682. The first-order valence-corrected chi connectivity index (χ1v) is 8.06. The number of carbonyl (C=O) groups is 1. The molecule has 2 rings (SSSR count). The van der Waals surface area contributed by atoms with E-state index in [4.69, 9.17) is 5.11 Å². The zero-order valence-corrected chi connectivity index (χ0v) is 11.6. The van der Waals surface area contributed by atoms with Gasteiger partial charge in [0, 0.05) is 25.8 Å². The van der Waals surface area contributed by atoms with Crippen molar-refractivity contribution in [2.45, 2.75) is 19.4 Å². The van der Waals surface area contributed by atoms with Gasteiger partial charge in [-0.2, -0.15) is 0 Å². The molecule has 0 radical (unpaired) electrons. The molecule has 0 spiro atoms. The van der Waals surface area contributed by atoms with Crippen molar-refractivity contribution in [3.8, 4) is 0 Å². The van der Waals surface area contributed by atoms with E-state index in [0.717, 1.165) is 12.8 Å². The molecule has 1 N–H and O–H groups in total. The summed E-state index contributed by atoms with van der Waals surface area (Å²) in [5.74, 6) is -0.797. The number of sulfonamides is 1. The minimum atomic E-state index is -3.16. The molecular formula is C12H18N2O4S. The minimum Gasteiger partial charge on any atom is -0.477 e. The average Bonchev–Trinajstić information content (AvgIpc) is 2.76. The molecule has 1 fully saturated rings. The molecule has 1 aromatic rings. The summed E-state index contributed by atoms with van der Waals surface area (Å²) in [6.45, 7) is 1.57. The smallest absolute Gasteiger partial charge is 0.352 e. The molecule has 1 aromatic heterocycles. The number of carboxylic acid groups (broad SMARTS) is 1. The Kier molecular flexibility index (Phi) is 3.96. The largest absolute Gasteiger partial charge is 0.477 e. The van der Waals surface area contributed by atoms with Crippen LogP contribution >= 0.6 is 0 Å². The van der Waals surface area contributed by atoms with Crippen molar-refractivity contribution in [3.05, 3.63) is 24.0 Å². The average molecular weight is 286 g/mol. The fourth-order valence-corrected chi connectivity index (χ4v) is 3.47. The molecule has 0 bridgehead atoms. The maximum Gasteiger partial charge on any atom is 0.352 e. The van der Waals surface area contributed by atoms with Gasteiger partial charge in [-0.25, -0.2) is 17.5 Å². The molecule has 1 atom stereocenters. The number of hydrogen-bond acceptors (Lipinski definition) is 3. The first-order chi connectivity index (χ1) is 8.88. The second-order valence-corrected chi connectivity index (χ2v) is 6.96. The first kappa shape index (κ1) is 14.1. The monoisotopic (exact) mass is 286 g/mol. The number of hydrogen-bond donors (Lipinski definition) is 1. The molecule has 6 nitrogen and oxygen atoms in total. The van der Waals surface area contributed by atoms with Gasteiger partial charge in [0.15, 0.2) is 0 Å². The lowest BCUT2D eigenvalue weighted by Crippen LogP contribution is -2.40. The van der Waals surface area contributed by atoms with Gasteiger partial charge in [0.2, 0.25) is 10.0 Å². The first-order valence-electron chi connectivity index (χ1n) is 6.21. The molecule has 1 saturated heterocycles. The molecule has 0 aromatic carbocycles. The molecule has 1 unspecified atom stereocenters. The summed E-state index contributed by atoms with van der Waals surface area (Å²) in [4.78, 5) is 11.0. The Morgan fingerprint density at radius 1 is 1.53 bits per heavy atom. The van der Waals surface area contributed by atoms with Gasteiger partial charge >= 0.3 is 5.97 Å². The molecule has 1 aliphatic heterocycles. The van der Waals surface area contributed by atoms with Crippen LogP contribution in [0.3, 0.4) is 0 Å². The van der Waals surface area contributed by atoms with Crippen LogP contribution in [0.1, 0.15) is 23.3 Å². The highest BCUT2D eigenvalue weighted by Gasteiger charge is 2.26. The van der Waals surface area contributed by atoms with Crippen LogP contribution in [0.2, 0.25) is 0 Å². The fourth-order valence-electron chi connectivity index (χ4n) is 2.52. The van der Waals surface area contributed by atoms with Crippen LogP contribution in [0.15, 0.2) is 18.3 Å². The van der Waals surface area contributed by atoms with Gasteiger partial charge in [-0.1, -0.05) is 0 Å². The van der Waals surface area contributed by atoms with Crippen molar-refractivity contribution in [2.24, 2.45) is 5.92 Å². The molecule has 19 heavy (non-hydrogen) atoms. The van der Waals surface area contributed by atoms with Gasteiger partial charge in [-0.3, -0.25) is 0 Å². The lowest BCUT2D eigenvalue weighted by atomic mass is 9.99. The number of rotatable bonds is 4. The third-order valence-corrected chi connectivity index (χ3v) is 4.72. The lowest BCUT2D eigenvalue weighted by Gasteiger charge is -2.31. The molecule has 1 aliphatic rings. The second-order valence-electron chi connectivity index (χ2n) is 4.98. The highest BCUT2D eigenvalue weighted by Crippen LogP contribution is 2.21. The quantitative estimate of drug-likeness (QED) is 0.890. The zero-order chi connectivity index (χ0) is 14.0. The SMILES string of the molecule is CS(=O)(=O)N1CCCC(Cn2cccc2C(=O)O)C1. The van der Waals surface area contributed by atoms with Gasteiger partial charge in [0.25, 0.3) is 0 Å². The highest BCUT2D eigenvalue weighted by atomic mass is 32.2. The Balaban J connectivity index is 2.07. The van der Waals surface area contributed by atoms with Crippen molar-refractivity contribution >= 4 is 16.0 Å². The Morgan fingerprint density at radius 3 is 2.89 bits per heavy atom. The van der Waals surface area contributed by atoms with Gasteiger partial charge in [0.05, 0.1) is 6.26 Å². The van der Waals surface area contributed by atoms with E-state index in [-0.39, 0.29) is 11.6 Å². The molecule has 2 heterocycles. The van der Waals surface area contributed by atoms with Crippen LogP contribution in [-0.2, 0) is 16.6 Å². The van der Waals surface area contributed by atoms with Crippen molar-refractivity contribution in [1.82, 2.24) is 8.87 Å². The van der Waals surface area contributed by atoms with E-state index in [1.165, 1.54) is 10.6 Å². The number of carboxylic acids is 1. The van der Waals surface area contributed by atoms with Gasteiger partial charge < -0.3 is 9.67 Å². The van der Waals surface area contributed by atoms with Crippen LogP contribution in [0, 0.1) is 5.92 Å². The third-order valence-electron chi connectivity index (χ3n) is 3.45. The predicted molar refractivity (Wildman–Crippen MR) is 70.5 cm³/mol. The van der Waals surface area contributed by atoms with Crippen molar-refractivity contribution in [2.75, 3.05) is 19.3 Å². The maximum absolute atomic E-state index is 11.5. The summed E-state index contributed by atoms with van der Waals surface area (Å²) >= 11 is 0. The summed E-state index contributed by atoms with van der Waals surface area (Å²) in [6, 6.07) is 3.25. The minimum absolute atomic E-state index is 0.161. The third kappa shape index (κ3) is 3.36. The zero-order valence-electron chi connectivity index (χ0n) is 10.8. The van der Waals surface area contributed by atoms with Crippen LogP contribution in [0.5, 0.6) is 0 Å². The van der Waals surface area contributed by atoms with Crippen LogP contribution in [0.4, 0.5) is 0 Å². The van der Waals surface area contributed by atoms with E-state index in [1.807, 2.05) is 0 Å². The summed E-state index contributed by atoms with van der Waals surface area (Å²) in [7, 11) is -3.16. The Labute approximate surface area is 112 Å². The molecule has 0 aliphatic carbocycles. The molecule has 106 valence electrons. The van der Waals surface area contributed by atoms with Crippen molar-refractivity contribution < 1.29 is 18.3 Å². The van der Waals surface area contributed by atoms with Crippen molar-refractivity contribution in [3.63, 3.8) is 0 Å². The predicted octanol–water partition coefficient (Wildman–Crippen LogP) is 0.858. The molecule has 0 saturated carbocycles.